The van der Waals surface area contributed by atoms with Crippen molar-refractivity contribution in [1.82, 2.24) is 9.96 Å². The standard InChI is InChI=1S/C22H21N3O3S/c26-22-21(17-12-16(4-5-18(17)23-22)20-2-1-11-29-20)19-6-3-15(14-25(19)27)13-24-7-9-28-10-8-24/h1-6,11-12,14,27H,7-10,13H2,(H,23,26). The lowest BCUT2D eigenvalue weighted by atomic mass is 10.00. The topological polar surface area (TPSA) is 65.0 Å². The van der Waals surface area contributed by atoms with Gasteiger partial charge in [-0.05, 0) is 40.8 Å². The average Bonchev–Trinajstić information content (AvgIpc) is 3.36. The van der Waals surface area contributed by atoms with Crippen molar-refractivity contribution in [2.24, 2.45) is 0 Å². The highest BCUT2D eigenvalue weighted by Crippen LogP contribution is 2.39. The Kier molecular flexibility index (Phi) is 4.81. The van der Waals surface area contributed by atoms with E-state index >= 15 is 0 Å². The molecule has 6 nitrogen and oxygen atoms in total. The molecule has 5 rings (SSSR count). The molecule has 1 amide bonds. The number of nitrogens with zero attached hydrogens (tertiary/aromatic N) is 2. The molecule has 0 atom stereocenters. The van der Waals surface area contributed by atoms with Crippen molar-refractivity contribution in [3.05, 3.63) is 70.9 Å². The van der Waals surface area contributed by atoms with E-state index in [4.69, 9.17) is 4.74 Å². The van der Waals surface area contributed by atoms with Crippen molar-refractivity contribution < 1.29 is 14.7 Å². The Morgan fingerprint density at radius 1 is 1.17 bits per heavy atom. The van der Waals surface area contributed by atoms with Crippen molar-refractivity contribution in [1.29, 1.82) is 0 Å². The zero-order valence-corrected chi connectivity index (χ0v) is 16.6. The van der Waals surface area contributed by atoms with Gasteiger partial charge in [0, 0.05) is 42.0 Å². The Morgan fingerprint density at radius 2 is 2.03 bits per heavy atom. The van der Waals surface area contributed by atoms with Crippen LogP contribution in [-0.4, -0.2) is 53.9 Å². The molecule has 4 heterocycles. The maximum Gasteiger partial charge on any atom is 0.258 e. The van der Waals surface area contributed by atoms with E-state index in [1.807, 2.05) is 41.8 Å². The number of anilines is 1. The number of morpholine rings is 1. The minimum atomic E-state index is -0.202. The number of carbonyl (C=O) groups excluding carboxylic acids is 1. The van der Waals surface area contributed by atoms with E-state index in [1.165, 1.54) is 0 Å². The Hall–Kier alpha value is -2.71. The molecule has 2 aromatic rings. The first-order chi connectivity index (χ1) is 14.2. The molecule has 0 saturated carbocycles. The second kappa shape index (κ2) is 7.61. The number of benzene rings is 1. The van der Waals surface area contributed by atoms with Gasteiger partial charge in [-0.15, -0.1) is 11.3 Å². The molecule has 0 aliphatic carbocycles. The number of ether oxygens (including phenoxy) is 1. The number of hydrogen-bond acceptors (Lipinski definition) is 6. The Morgan fingerprint density at radius 3 is 2.79 bits per heavy atom. The summed E-state index contributed by atoms with van der Waals surface area (Å²) in [6.07, 6.45) is 5.47. The molecule has 0 radical (unpaired) electrons. The first-order valence-corrected chi connectivity index (χ1v) is 10.5. The monoisotopic (exact) mass is 407 g/mol. The van der Waals surface area contributed by atoms with Gasteiger partial charge in [0.25, 0.3) is 5.91 Å². The molecule has 0 spiro atoms. The average molecular weight is 407 g/mol. The summed E-state index contributed by atoms with van der Waals surface area (Å²) >= 11 is 1.66. The Labute approximate surface area is 173 Å². The molecule has 1 aromatic heterocycles. The van der Waals surface area contributed by atoms with Crippen LogP contribution in [0.15, 0.2) is 65.3 Å². The van der Waals surface area contributed by atoms with Crippen LogP contribution in [0, 0.1) is 0 Å². The number of hydrogen-bond donors (Lipinski definition) is 2. The van der Waals surface area contributed by atoms with E-state index in [2.05, 4.69) is 16.3 Å². The van der Waals surface area contributed by atoms with Gasteiger partial charge in [0.05, 0.1) is 24.5 Å². The van der Waals surface area contributed by atoms with Crippen LogP contribution in [0.1, 0.15) is 5.56 Å². The highest BCUT2D eigenvalue weighted by Gasteiger charge is 2.30. The van der Waals surface area contributed by atoms with Gasteiger partial charge in [0.15, 0.2) is 0 Å². The minimum absolute atomic E-state index is 0.202. The molecular weight excluding hydrogens is 386 g/mol. The van der Waals surface area contributed by atoms with Crippen molar-refractivity contribution in [2.75, 3.05) is 38.2 Å². The smallest absolute Gasteiger partial charge is 0.258 e. The van der Waals surface area contributed by atoms with Crippen molar-refractivity contribution >= 4 is 28.5 Å². The second-order valence-electron chi connectivity index (χ2n) is 7.22. The summed E-state index contributed by atoms with van der Waals surface area (Å²) in [5, 5.41) is 16.7. The van der Waals surface area contributed by atoms with Crippen LogP contribution >= 0.6 is 11.3 Å². The van der Waals surface area contributed by atoms with Crippen LogP contribution in [0.4, 0.5) is 5.69 Å². The number of amides is 1. The van der Waals surface area contributed by atoms with Crippen LogP contribution in [0.3, 0.4) is 0 Å². The fourth-order valence-corrected chi connectivity index (χ4v) is 4.58. The summed E-state index contributed by atoms with van der Waals surface area (Å²) in [4.78, 5) is 16.1. The Bertz CT molecular complexity index is 1030. The van der Waals surface area contributed by atoms with E-state index in [0.717, 1.165) is 65.2 Å². The quantitative estimate of drug-likeness (QED) is 0.762. The molecule has 1 fully saturated rings. The lowest BCUT2D eigenvalue weighted by molar-refractivity contribution is -0.111. The number of carbonyl (C=O) groups is 1. The number of nitrogens with one attached hydrogen (secondary N) is 1. The van der Waals surface area contributed by atoms with Crippen LogP contribution in [-0.2, 0) is 9.53 Å². The number of allylic oxidation sites excluding steroid dienone is 1. The molecule has 0 unspecified atom stereocenters. The van der Waals surface area contributed by atoms with Crippen LogP contribution < -0.4 is 5.32 Å². The fraction of sp³-hybridized carbons (Fsp3) is 0.227. The molecular formula is C22H21N3O3S. The van der Waals surface area contributed by atoms with Gasteiger partial charge in [-0.3, -0.25) is 14.9 Å². The van der Waals surface area contributed by atoms with Crippen molar-refractivity contribution in [3.8, 4) is 10.4 Å². The largest absolute Gasteiger partial charge is 0.379 e. The van der Waals surface area contributed by atoms with E-state index in [0.29, 0.717) is 11.3 Å². The fourth-order valence-electron chi connectivity index (χ4n) is 3.86. The summed E-state index contributed by atoms with van der Waals surface area (Å²) in [6, 6.07) is 10.0. The summed E-state index contributed by atoms with van der Waals surface area (Å²) in [5.74, 6) is -0.202. The summed E-state index contributed by atoms with van der Waals surface area (Å²) < 4.78 is 5.39. The lowest BCUT2D eigenvalue weighted by Gasteiger charge is -2.28. The lowest BCUT2D eigenvalue weighted by Crippen LogP contribution is -2.37. The van der Waals surface area contributed by atoms with Gasteiger partial charge in [0.2, 0.25) is 0 Å². The van der Waals surface area contributed by atoms with Gasteiger partial charge >= 0.3 is 0 Å². The van der Waals surface area contributed by atoms with Crippen LogP contribution in [0.25, 0.3) is 16.0 Å². The Balaban J connectivity index is 1.46. The molecule has 7 heteroatoms. The molecule has 3 aliphatic heterocycles. The molecule has 29 heavy (non-hydrogen) atoms. The summed E-state index contributed by atoms with van der Waals surface area (Å²) in [5.41, 5.74) is 4.59. The van der Waals surface area contributed by atoms with Crippen molar-refractivity contribution in [2.45, 2.75) is 0 Å². The van der Waals surface area contributed by atoms with E-state index in [9.17, 15) is 10.0 Å². The molecule has 2 N–H and O–H groups in total. The molecule has 0 bridgehead atoms. The van der Waals surface area contributed by atoms with Crippen molar-refractivity contribution in [3.63, 3.8) is 0 Å². The second-order valence-corrected chi connectivity index (χ2v) is 8.17. The molecule has 1 aromatic carbocycles. The van der Waals surface area contributed by atoms with E-state index in [-0.39, 0.29) is 5.91 Å². The number of thiophene rings is 1. The van der Waals surface area contributed by atoms with Gasteiger partial charge in [-0.1, -0.05) is 18.2 Å². The zero-order valence-electron chi connectivity index (χ0n) is 15.8. The third-order valence-corrected chi connectivity index (χ3v) is 6.25. The van der Waals surface area contributed by atoms with Gasteiger partial charge < -0.3 is 10.1 Å². The normalized spacial score (nSPS) is 21.9. The minimum Gasteiger partial charge on any atom is -0.379 e. The van der Waals surface area contributed by atoms with E-state index in [1.54, 1.807) is 17.5 Å². The molecule has 3 aliphatic rings. The highest BCUT2D eigenvalue weighted by atomic mass is 32.1. The third kappa shape index (κ3) is 3.54. The van der Waals surface area contributed by atoms with Crippen LogP contribution in [0.5, 0.6) is 0 Å². The number of fused-ring (bicyclic) bond motifs is 1. The zero-order chi connectivity index (χ0) is 19.8. The van der Waals surface area contributed by atoms with Gasteiger partial charge in [-0.25, -0.2) is 5.06 Å². The first kappa shape index (κ1) is 18.3. The highest BCUT2D eigenvalue weighted by molar-refractivity contribution is 7.13. The van der Waals surface area contributed by atoms with Gasteiger partial charge in [-0.2, -0.15) is 0 Å². The SMILES string of the molecule is O=C1Nc2ccc(-c3cccs3)cc2C1=C1C=CC(CN2CCOCC2)=CN1O. The number of rotatable bonds is 3. The maximum absolute atomic E-state index is 12.7. The summed E-state index contributed by atoms with van der Waals surface area (Å²) in [7, 11) is 0. The third-order valence-electron chi connectivity index (χ3n) is 5.33. The van der Waals surface area contributed by atoms with Crippen LogP contribution in [0.2, 0.25) is 0 Å². The van der Waals surface area contributed by atoms with E-state index < -0.39 is 0 Å². The summed E-state index contributed by atoms with van der Waals surface area (Å²) in [6.45, 7) is 3.97. The van der Waals surface area contributed by atoms with Gasteiger partial charge in [0.1, 0.15) is 0 Å². The molecule has 148 valence electrons. The predicted octanol–water partition coefficient (Wildman–Crippen LogP) is 3.56. The molecule has 1 saturated heterocycles. The number of hydroxylamine groups is 2. The first-order valence-electron chi connectivity index (χ1n) is 9.60. The predicted molar refractivity (Wildman–Crippen MR) is 113 cm³/mol. The maximum atomic E-state index is 12.7.